The number of methoxy groups -OCH3 is 1. The fourth-order valence-electron chi connectivity index (χ4n) is 1.61. The predicted molar refractivity (Wildman–Crippen MR) is 61.4 cm³/mol. The summed E-state index contributed by atoms with van der Waals surface area (Å²) in [5.74, 6) is 0.686. The molecule has 0 aliphatic carbocycles. The Hall–Kier alpha value is -0.120. The van der Waals surface area contributed by atoms with Crippen molar-refractivity contribution < 1.29 is 4.74 Å². The van der Waals surface area contributed by atoms with Gasteiger partial charge in [0.25, 0.3) is 0 Å². The van der Waals surface area contributed by atoms with Crippen LogP contribution in [0, 0.1) is 5.92 Å². The molecule has 2 N–H and O–H groups in total. The molecular formula is C11H26N2O. The molecule has 0 fully saturated rings. The smallest absolute Gasteiger partial charge is 0.0589 e. The van der Waals surface area contributed by atoms with Crippen LogP contribution >= 0.6 is 0 Å². The summed E-state index contributed by atoms with van der Waals surface area (Å²) in [6.07, 6.45) is 1.10. The highest BCUT2D eigenvalue weighted by molar-refractivity contribution is 4.69. The van der Waals surface area contributed by atoms with Gasteiger partial charge in [-0.05, 0) is 18.9 Å². The van der Waals surface area contributed by atoms with Gasteiger partial charge < -0.3 is 10.5 Å². The maximum Gasteiger partial charge on any atom is 0.0589 e. The van der Waals surface area contributed by atoms with E-state index in [1.807, 2.05) is 0 Å². The molecular weight excluding hydrogens is 176 g/mol. The van der Waals surface area contributed by atoms with Gasteiger partial charge in [0.15, 0.2) is 0 Å². The molecule has 0 bridgehead atoms. The fraction of sp³-hybridized carbons (Fsp3) is 1.00. The van der Waals surface area contributed by atoms with Crippen molar-refractivity contribution in [2.75, 3.05) is 33.4 Å². The van der Waals surface area contributed by atoms with Gasteiger partial charge in [0, 0.05) is 26.2 Å². The number of ether oxygens (including phenoxy) is 1. The molecule has 0 heterocycles. The van der Waals surface area contributed by atoms with Gasteiger partial charge in [-0.15, -0.1) is 0 Å². The molecule has 0 spiro atoms. The first kappa shape index (κ1) is 13.9. The lowest BCUT2D eigenvalue weighted by molar-refractivity contribution is 0.145. The average molecular weight is 202 g/mol. The predicted octanol–water partition coefficient (Wildman–Crippen LogP) is 1.33. The van der Waals surface area contributed by atoms with E-state index in [0.717, 1.165) is 32.7 Å². The van der Waals surface area contributed by atoms with Crippen molar-refractivity contribution in [1.29, 1.82) is 0 Å². The standard InChI is InChI=1S/C11H26N2O/c1-5-13(6-7-14-4)9-11(12)8-10(2)3/h10-11H,5-9,12H2,1-4H3. The lowest BCUT2D eigenvalue weighted by Crippen LogP contribution is -2.39. The van der Waals surface area contributed by atoms with E-state index in [-0.39, 0.29) is 0 Å². The number of rotatable bonds is 8. The van der Waals surface area contributed by atoms with Crippen LogP contribution in [0.5, 0.6) is 0 Å². The van der Waals surface area contributed by atoms with Crippen molar-refractivity contribution >= 4 is 0 Å². The lowest BCUT2D eigenvalue weighted by Gasteiger charge is -2.24. The van der Waals surface area contributed by atoms with Crippen molar-refractivity contribution in [2.45, 2.75) is 33.2 Å². The average Bonchev–Trinajstić information content (AvgIpc) is 2.10. The third kappa shape index (κ3) is 7.30. The van der Waals surface area contributed by atoms with Gasteiger partial charge in [-0.1, -0.05) is 20.8 Å². The molecule has 86 valence electrons. The van der Waals surface area contributed by atoms with Crippen molar-refractivity contribution in [1.82, 2.24) is 4.90 Å². The number of nitrogens with zero attached hydrogens (tertiary/aromatic N) is 1. The van der Waals surface area contributed by atoms with Crippen LogP contribution in [0.2, 0.25) is 0 Å². The summed E-state index contributed by atoms with van der Waals surface area (Å²) in [5.41, 5.74) is 6.04. The normalized spacial score (nSPS) is 13.9. The Morgan fingerprint density at radius 3 is 2.43 bits per heavy atom. The van der Waals surface area contributed by atoms with Crippen molar-refractivity contribution in [2.24, 2.45) is 11.7 Å². The second kappa shape index (κ2) is 8.21. The van der Waals surface area contributed by atoms with Gasteiger partial charge in [-0.3, -0.25) is 4.90 Å². The molecule has 3 nitrogen and oxygen atoms in total. The highest BCUT2D eigenvalue weighted by atomic mass is 16.5. The van der Waals surface area contributed by atoms with E-state index in [2.05, 4.69) is 25.7 Å². The second-order valence-electron chi connectivity index (χ2n) is 4.28. The van der Waals surface area contributed by atoms with E-state index in [4.69, 9.17) is 10.5 Å². The molecule has 1 unspecified atom stereocenters. The molecule has 0 aromatic rings. The number of hydrogen-bond acceptors (Lipinski definition) is 3. The minimum absolute atomic E-state index is 0.298. The van der Waals surface area contributed by atoms with E-state index in [1.54, 1.807) is 7.11 Å². The Morgan fingerprint density at radius 2 is 2.00 bits per heavy atom. The number of nitrogens with two attached hydrogens (primary N) is 1. The molecule has 1 atom stereocenters. The summed E-state index contributed by atoms with van der Waals surface area (Å²) in [5, 5.41) is 0. The Bertz CT molecular complexity index is 128. The number of likely N-dealkylation sites (N-methyl/N-ethyl adjacent to an activating group) is 1. The quantitative estimate of drug-likeness (QED) is 0.645. The monoisotopic (exact) mass is 202 g/mol. The van der Waals surface area contributed by atoms with Crippen LogP contribution < -0.4 is 5.73 Å². The summed E-state index contributed by atoms with van der Waals surface area (Å²) < 4.78 is 5.05. The first-order valence-electron chi connectivity index (χ1n) is 5.57. The van der Waals surface area contributed by atoms with Crippen LogP contribution in [0.25, 0.3) is 0 Å². The second-order valence-corrected chi connectivity index (χ2v) is 4.28. The molecule has 0 aromatic heterocycles. The summed E-state index contributed by atoms with van der Waals surface area (Å²) >= 11 is 0. The Kier molecular flexibility index (Phi) is 8.14. The summed E-state index contributed by atoms with van der Waals surface area (Å²) in [7, 11) is 1.74. The first-order chi connectivity index (χ1) is 6.60. The molecule has 0 aliphatic rings. The van der Waals surface area contributed by atoms with Crippen LogP contribution in [-0.2, 0) is 4.74 Å². The maximum absolute atomic E-state index is 6.04. The fourth-order valence-corrected chi connectivity index (χ4v) is 1.61. The molecule has 0 rings (SSSR count). The highest BCUT2D eigenvalue weighted by Crippen LogP contribution is 2.04. The van der Waals surface area contributed by atoms with Crippen molar-refractivity contribution in [3.05, 3.63) is 0 Å². The molecule has 0 aromatic carbocycles. The van der Waals surface area contributed by atoms with Gasteiger partial charge in [0.2, 0.25) is 0 Å². The molecule has 3 heteroatoms. The summed E-state index contributed by atoms with van der Waals surface area (Å²) in [6, 6.07) is 0.298. The van der Waals surface area contributed by atoms with E-state index in [9.17, 15) is 0 Å². The lowest BCUT2D eigenvalue weighted by atomic mass is 10.0. The van der Waals surface area contributed by atoms with Crippen molar-refractivity contribution in [3.8, 4) is 0 Å². The van der Waals surface area contributed by atoms with Gasteiger partial charge >= 0.3 is 0 Å². The molecule has 0 radical (unpaired) electrons. The highest BCUT2D eigenvalue weighted by Gasteiger charge is 2.10. The van der Waals surface area contributed by atoms with Crippen LogP contribution in [0.1, 0.15) is 27.2 Å². The Labute approximate surface area is 88.6 Å². The minimum Gasteiger partial charge on any atom is -0.383 e. The Morgan fingerprint density at radius 1 is 1.36 bits per heavy atom. The van der Waals surface area contributed by atoms with Gasteiger partial charge in [-0.2, -0.15) is 0 Å². The van der Waals surface area contributed by atoms with Gasteiger partial charge in [0.1, 0.15) is 0 Å². The molecule has 0 aliphatic heterocycles. The zero-order valence-electron chi connectivity index (χ0n) is 10.1. The van der Waals surface area contributed by atoms with Crippen LogP contribution in [-0.4, -0.2) is 44.3 Å². The van der Waals surface area contributed by atoms with E-state index < -0.39 is 0 Å². The maximum atomic E-state index is 6.04. The van der Waals surface area contributed by atoms with Gasteiger partial charge in [0.05, 0.1) is 6.61 Å². The zero-order chi connectivity index (χ0) is 11.0. The first-order valence-corrected chi connectivity index (χ1v) is 5.57. The van der Waals surface area contributed by atoms with Gasteiger partial charge in [-0.25, -0.2) is 0 Å². The molecule has 0 saturated carbocycles. The van der Waals surface area contributed by atoms with Crippen LogP contribution in [0.4, 0.5) is 0 Å². The summed E-state index contributed by atoms with van der Waals surface area (Å²) in [6.45, 7) is 10.4. The minimum atomic E-state index is 0.298. The summed E-state index contributed by atoms with van der Waals surface area (Å²) in [4.78, 5) is 2.34. The molecule has 0 saturated heterocycles. The SMILES string of the molecule is CCN(CCOC)CC(N)CC(C)C. The van der Waals surface area contributed by atoms with Crippen LogP contribution in [0.3, 0.4) is 0 Å². The third-order valence-corrected chi connectivity index (χ3v) is 2.33. The largest absolute Gasteiger partial charge is 0.383 e. The van der Waals surface area contributed by atoms with Crippen molar-refractivity contribution in [3.63, 3.8) is 0 Å². The van der Waals surface area contributed by atoms with Crippen LogP contribution in [0.15, 0.2) is 0 Å². The van der Waals surface area contributed by atoms with E-state index >= 15 is 0 Å². The van der Waals surface area contributed by atoms with E-state index in [1.165, 1.54) is 0 Å². The topological polar surface area (TPSA) is 38.5 Å². The zero-order valence-corrected chi connectivity index (χ0v) is 10.1. The molecule has 14 heavy (non-hydrogen) atoms. The van der Waals surface area contributed by atoms with E-state index in [0.29, 0.717) is 12.0 Å². The third-order valence-electron chi connectivity index (χ3n) is 2.33. The number of hydrogen-bond donors (Lipinski definition) is 1. The molecule has 0 amide bonds. The Balaban J connectivity index is 3.68.